The van der Waals surface area contributed by atoms with Crippen LogP contribution in [-0.4, -0.2) is 6.21 Å². The van der Waals surface area contributed by atoms with Gasteiger partial charge in [-0.05, 0) is 11.1 Å². The highest BCUT2D eigenvalue weighted by Gasteiger charge is 2.09. The van der Waals surface area contributed by atoms with Gasteiger partial charge in [-0.2, -0.15) is 5.26 Å². The van der Waals surface area contributed by atoms with Crippen molar-refractivity contribution in [2.24, 2.45) is 4.99 Å². The molecular formula is C11H8N2. The second-order valence-corrected chi connectivity index (χ2v) is 2.93. The first-order valence-corrected chi connectivity index (χ1v) is 4.10. The Morgan fingerprint density at radius 3 is 3.00 bits per heavy atom. The lowest BCUT2D eigenvalue weighted by molar-refractivity contribution is 1.22. The van der Waals surface area contributed by atoms with Crippen LogP contribution < -0.4 is 0 Å². The van der Waals surface area contributed by atoms with Gasteiger partial charge in [0.1, 0.15) is 6.07 Å². The summed E-state index contributed by atoms with van der Waals surface area (Å²) in [6.07, 6.45) is 12.1. The molecule has 13 heavy (non-hydrogen) atoms. The number of nitriles is 1. The Kier molecular flexibility index (Phi) is 1.93. The molecule has 0 aromatic rings. The molecule has 2 rings (SSSR count). The summed E-state index contributed by atoms with van der Waals surface area (Å²) in [5.74, 6) is 0. The third-order valence-electron chi connectivity index (χ3n) is 2.02. The highest BCUT2D eigenvalue weighted by atomic mass is 14.7. The Morgan fingerprint density at radius 2 is 2.15 bits per heavy atom. The number of aliphatic imine (C=N–C) groups is 1. The van der Waals surface area contributed by atoms with E-state index in [1.165, 1.54) is 0 Å². The molecule has 2 bridgehead atoms. The summed E-state index contributed by atoms with van der Waals surface area (Å²) < 4.78 is 0. The molecule has 0 radical (unpaired) electrons. The van der Waals surface area contributed by atoms with Crippen molar-refractivity contribution in [3.05, 3.63) is 47.2 Å². The van der Waals surface area contributed by atoms with Crippen LogP contribution in [0.15, 0.2) is 52.2 Å². The van der Waals surface area contributed by atoms with Crippen molar-refractivity contribution < 1.29 is 0 Å². The molecule has 2 heteroatoms. The minimum absolute atomic E-state index is 0.659. The zero-order valence-electron chi connectivity index (χ0n) is 7.07. The maximum Gasteiger partial charge on any atom is 0.101 e. The summed E-state index contributed by atoms with van der Waals surface area (Å²) >= 11 is 0. The van der Waals surface area contributed by atoms with Crippen molar-refractivity contribution >= 4 is 6.21 Å². The molecule has 0 saturated heterocycles. The first kappa shape index (κ1) is 7.75. The van der Waals surface area contributed by atoms with E-state index in [1.54, 1.807) is 12.4 Å². The van der Waals surface area contributed by atoms with Gasteiger partial charge in [0.05, 0.1) is 5.57 Å². The van der Waals surface area contributed by atoms with E-state index in [1.807, 2.05) is 24.3 Å². The number of hydrogen-bond donors (Lipinski definition) is 0. The SMILES string of the molecule is N#CC1=CN=CC2=CC=CC=C1C2. The van der Waals surface area contributed by atoms with Gasteiger partial charge in [0.25, 0.3) is 0 Å². The summed E-state index contributed by atoms with van der Waals surface area (Å²) in [4.78, 5) is 4.05. The van der Waals surface area contributed by atoms with Crippen molar-refractivity contribution in [3.8, 4) is 6.07 Å². The maximum atomic E-state index is 8.84. The number of hydrogen-bond acceptors (Lipinski definition) is 2. The fourth-order valence-corrected chi connectivity index (χ4v) is 1.35. The number of allylic oxidation sites excluding steroid dienone is 7. The first-order chi connectivity index (χ1) is 6.40. The van der Waals surface area contributed by atoms with Gasteiger partial charge >= 0.3 is 0 Å². The van der Waals surface area contributed by atoms with E-state index in [2.05, 4.69) is 11.1 Å². The molecule has 0 fully saturated rings. The van der Waals surface area contributed by atoms with Crippen LogP contribution in [-0.2, 0) is 0 Å². The third kappa shape index (κ3) is 1.50. The van der Waals surface area contributed by atoms with Crippen LogP contribution in [0.3, 0.4) is 0 Å². The summed E-state index contributed by atoms with van der Waals surface area (Å²) in [5.41, 5.74) is 2.84. The number of fused-ring (bicyclic) bond motifs is 2. The molecule has 2 nitrogen and oxygen atoms in total. The zero-order valence-corrected chi connectivity index (χ0v) is 7.07. The third-order valence-corrected chi connectivity index (χ3v) is 2.02. The molecule has 0 N–H and O–H groups in total. The molecule has 1 heterocycles. The molecule has 0 atom stereocenters. The van der Waals surface area contributed by atoms with E-state index in [4.69, 9.17) is 5.26 Å². The summed E-state index contributed by atoms with van der Waals surface area (Å²) in [6.45, 7) is 0. The zero-order chi connectivity index (χ0) is 9.10. The van der Waals surface area contributed by atoms with Gasteiger partial charge in [-0.15, -0.1) is 0 Å². The monoisotopic (exact) mass is 168 g/mol. The van der Waals surface area contributed by atoms with Crippen molar-refractivity contribution in [2.45, 2.75) is 6.42 Å². The molecule has 1 aliphatic carbocycles. The van der Waals surface area contributed by atoms with Crippen LogP contribution >= 0.6 is 0 Å². The van der Waals surface area contributed by atoms with Crippen molar-refractivity contribution in [1.29, 1.82) is 5.26 Å². The average molecular weight is 168 g/mol. The van der Waals surface area contributed by atoms with E-state index >= 15 is 0 Å². The molecule has 0 aromatic heterocycles. The van der Waals surface area contributed by atoms with E-state index in [0.29, 0.717) is 5.57 Å². The highest BCUT2D eigenvalue weighted by molar-refractivity contribution is 5.82. The molecular weight excluding hydrogens is 160 g/mol. The van der Waals surface area contributed by atoms with Crippen LogP contribution in [0, 0.1) is 11.3 Å². The van der Waals surface area contributed by atoms with Gasteiger partial charge in [-0.3, -0.25) is 4.99 Å². The smallest absolute Gasteiger partial charge is 0.101 e. The van der Waals surface area contributed by atoms with Gasteiger partial charge in [0, 0.05) is 18.8 Å². The van der Waals surface area contributed by atoms with Crippen molar-refractivity contribution in [2.75, 3.05) is 0 Å². The molecule has 0 spiro atoms. The van der Waals surface area contributed by atoms with Gasteiger partial charge in [0.2, 0.25) is 0 Å². The van der Waals surface area contributed by atoms with Gasteiger partial charge < -0.3 is 0 Å². The molecule has 1 aliphatic heterocycles. The first-order valence-electron chi connectivity index (χ1n) is 4.10. The van der Waals surface area contributed by atoms with Crippen LogP contribution in [0.4, 0.5) is 0 Å². The van der Waals surface area contributed by atoms with Gasteiger partial charge in [-0.1, -0.05) is 24.3 Å². The second kappa shape index (κ2) is 3.24. The minimum atomic E-state index is 0.659. The van der Waals surface area contributed by atoms with E-state index in [0.717, 1.165) is 17.6 Å². The predicted molar refractivity (Wildman–Crippen MR) is 52.1 cm³/mol. The Bertz CT molecular complexity index is 412. The lowest BCUT2D eigenvalue weighted by Gasteiger charge is -2.00. The minimum Gasteiger partial charge on any atom is -0.263 e. The largest absolute Gasteiger partial charge is 0.263 e. The number of nitrogens with zero attached hydrogens (tertiary/aromatic N) is 2. The molecule has 2 aliphatic rings. The quantitative estimate of drug-likeness (QED) is 0.546. The van der Waals surface area contributed by atoms with Crippen molar-refractivity contribution in [1.82, 2.24) is 0 Å². The fraction of sp³-hybridized carbons (Fsp3) is 0.0909. The predicted octanol–water partition coefficient (Wildman–Crippen LogP) is 2.29. The van der Waals surface area contributed by atoms with Gasteiger partial charge in [-0.25, -0.2) is 0 Å². The Labute approximate surface area is 76.9 Å². The summed E-state index contributed by atoms with van der Waals surface area (Å²) in [7, 11) is 0. The van der Waals surface area contributed by atoms with Crippen molar-refractivity contribution in [3.63, 3.8) is 0 Å². The lowest BCUT2D eigenvalue weighted by atomic mass is 10.0. The van der Waals surface area contributed by atoms with Crippen LogP contribution in [0.2, 0.25) is 0 Å². The molecule has 0 unspecified atom stereocenters. The fourth-order valence-electron chi connectivity index (χ4n) is 1.35. The Morgan fingerprint density at radius 1 is 1.31 bits per heavy atom. The maximum absolute atomic E-state index is 8.84. The summed E-state index contributed by atoms with van der Waals surface area (Å²) in [5, 5.41) is 8.84. The molecule has 0 aromatic carbocycles. The lowest BCUT2D eigenvalue weighted by Crippen LogP contribution is -1.88. The molecule has 62 valence electrons. The van der Waals surface area contributed by atoms with Crippen LogP contribution in [0.5, 0.6) is 0 Å². The molecule has 0 amide bonds. The van der Waals surface area contributed by atoms with Gasteiger partial charge in [0.15, 0.2) is 0 Å². The summed E-state index contributed by atoms with van der Waals surface area (Å²) in [6, 6.07) is 2.15. The Hall–Kier alpha value is -1.88. The Balaban J connectivity index is 2.51. The topological polar surface area (TPSA) is 36.1 Å². The second-order valence-electron chi connectivity index (χ2n) is 2.93. The van der Waals surface area contributed by atoms with Crippen LogP contribution in [0.25, 0.3) is 0 Å². The normalized spacial score (nSPS) is 19.2. The standard InChI is InChI=1S/C11H8N2/c12-6-11-8-13-7-9-3-1-2-4-10(11)5-9/h1-4,7-8H,5H2. The number of rotatable bonds is 0. The van der Waals surface area contributed by atoms with E-state index < -0.39 is 0 Å². The van der Waals surface area contributed by atoms with E-state index in [-0.39, 0.29) is 0 Å². The van der Waals surface area contributed by atoms with Crippen LogP contribution in [0.1, 0.15) is 6.42 Å². The molecule has 0 saturated carbocycles. The average Bonchev–Trinajstić information content (AvgIpc) is 2.49. The highest BCUT2D eigenvalue weighted by Crippen LogP contribution is 2.22. The van der Waals surface area contributed by atoms with E-state index in [9.17, 15) is 0 Å².